The molecule has 0 aliphatic rings. The van der Waals surface area contributed by atoms with Gasteiger partial charge in [-0.25, -0.2) is 10.2 Å². The molecule has 0 atom stereocenters. The third kappa shape index (κ3) is 4.92. The van der Waals surface area contributed by atoms with Gasteiger partial charge in [-0.2, -0.15) is 5.10 Å². The first-order valence-corrected chi connectivity index (χ1v) is 8.42. The molecule has 2 aromatic carbocycles. The zero-order valence-electron chi connectivity index (χ0n) is 14.9. The van der Waals surface area contributed by atoms with Crippen LogP contribution in [0.1, 0.15) is 21.7 Å². The van der Waals surface area contributed by atoms with E-state index in [1.165, 1.54) is 36.5 Å². The molecule has 9 heteroatoms. The molecule has 146 valence electrons. The molecular formula is C20H15N3O6. The molecule has 1 heterocycles. The minimum atomic E-state index is -1.04. The molecule has 0 saturated heterocycles. The van der Waals surface area contributed by atoms with E-state index in [4.69, 9.17) is 9.52 Å². The maximum Gasteiger partial charge on any atom is 0.335 e. The van der Waals surface area contributed by atoms with Crippen LogP contribution in [-0.4, -0.2) is 28.1 Å². The number of furan rings is 1. The lowest BCUT2D eigenvalue weighted by atomic mass is 10.1. The SMILES string of the molecule is O=C(Cc1ccccc1[N+](=O)[O-])NN=Cc1ccc(-c2cccc(C(=O)O)c2)o1. The van der Waals surface area contributed by atoms with Gasteiger partial charge in [0, 0.05) is 17.2 Å². The van der Waals surface area contributed by atoms with Crippen LogP contribution in [0.3, 0.4) is 0 Å². The average Bonchev–Trinajstić information content (AvgIpc) is 3.17. The number of benzene rings is 2. The number of carbonyl (C=O) groups is 2. The van der Waals surface area contributed by atoms with E-state index in [2.05, 4.69) is 10.5 Å². The lowest BCUT2D eigenvalue weighted by Gasteiger charge is -2.01. The summed E-state index contributed by atoms with van der Waals surface area (Å²) in [5.74, 6) is -0.773. The quantitative estimate of drug-likeness (QED) is 0.359. The number of aromatic carboxylic acids is 1. The normalized spacial score (nSPS) is 10.8. The summed E-state index contributed by atoms with van der Waals surface area (Å²) in [5, 5.41) is 23.8. The van der Waals surface area contributed by atoms with E-state index in [0.717, 1.165) is 0 Å². The number of nitrogens with one attached hydrogen (secondary N) is 1. The molecule has 0 saturated carbocycles. The smallest absolute Gasteiger partial charge is 0.335 e. The number of carboxylic acids is 1. The second-order valence-electron chi connectivity index (χ2n) is 5.94. The highest BCUT2D eigenvalue weighted by Gasteiger charge is 2.15. The molecular weight excluding hydrogens is 378 g/mol. The van der Waals surface area contributed by atoms with Crippen molar-refractivity contribution in [3.8, 4) is 11.3 Å². The summed E-state index contributed by atoms with van der Waals surface area (Å²) in [7, 11) is 0. The Hall–Kier alpha value is -4.27. The number of hydrogen-bond donors (Lipinski definition) is 2. The molecule has 29 heavy (non-hydrogen) atoms. The zero-order valence-corrected chi connectivity index (χ0v) is 14.9. The van der Waals surface area contributed by atoms with Gasteiger partial charge < -0.3 is 9.52 Å². The van der Waals surface area contributed by atoms with Crippen molar-refractivity contribution in [3.63, 3.8) is 0 Å². The zero-order chi connectivity index (χ0) is 20.8. The first kappa shape index (κ1) is 19.5. The van der Waals surface area contributed by atoms with Gasteiger partial charge in [0.1, 0.15) is 11.5 Å². The lowest BCUT2D eigenvalue weighted by molar-refractivity contribution is -0.385. The molecule has 0 aliphatic carbocycles. The van der Waals surface area contributed by atoms with Crippen LogP contribution >= 0.6 is 0 Å². The van der Waals surface area contributed by atoms with E-state index in [1.54, 1.807) is 30.3 Å². The summed E-state index contributed by atoms with van der Waals surface area (Å²) < 4.78 is 5.57. The standard InChI is InChI=1S/C20H15N3O6/c24-19(11-13-4-1-2-7-17(13)23(27)28)22-21-12-16-8-9-18(29-16)14-5-3-6-15(10-14)20(25)26/h1-10,12H,11H2,(H,22,24)(H,25,26). The van der Waals surface area contributed by atoms with E-state index in [0.29, 0.717) is 17.1 Å². The summed E-state index contributed by atoms with van der Waals surface area (Å²) in [6.07, 6.45) is 1.09. The van der Waals surface area contributed by atoms with Crippen LogP contribution in [0.5, 0.6) is 0 Å². The van der Waals surface area contributed by atoms with Gasteiger partial charge in [0.25, 0.3) is 5.69 Å². The molecule has 0 spiro atoms. The van der Waals surface area contributed by atoms with Gasteiger partial charge in [0.2, 0.25) is 5.91 Å². The van der Waals surface area contributed by atoms with E-state index in [-0.39, 0.29) is 23.2 Å². The van der Waals surface area contributed by atoms with Gasteiger partial charge >= 0.3 is 5.97 Å². The summed E-state index contributed by atoms with van der Waals surface area (Å²) in [6, 6.07) is 15.5. The maximum absolute atomic E-state index is 12.0. The number of hydrogen-bond acceptors (Lipinski definition) is 6. The van der Waals surface area contributed by atoms with Gasteiger partial charge in [-0.3, -0.25) is 14.9 Å². The Balaban J connectivity index is 1.63. The van der Waals surface area contributed by atoms with Crippen molar-refractivity contribution < 1.29 is 24.0 Å². The largest absolute Gasteiger partial charge is 0.478 e. The first-order valence-electron chi connectivity index (χ1n) is 8.42. The number of amides is 1. The fourth-order valence-electron chi connectivity index (χ4n) is 2.60. The molecule has 2 N–H and O–H groups in total. The third-order valence-corrected chi connectivity index (χ3v) is 3.94. The lowest BCUT2D eigenvalue weighted by Crippen LogP contribution is -2.20. The van der Waals surface area contributed by atoms with Crippen LogP contribution in [0.15, 0.2) is 70.2 Å². The van der Waals surface area contributed by atoms with Gasteiger partial charge in [-0.15, -0.1) is 0 Å². The second kappa shape index (κ2) is 8.61. The predicted molar refractivity (Wildman–Crippen MR) is 104 cm³/mol. The van der Waals surface area contributed by atoms with E-state index in [9.17, 15) is 19.7 Å². The van der Waals surface area contributed by atoms with Crippen molar-refractivity contribution >= 4 is 23.8 Å². The van der Waals surface area contributed by atoms with Crippen molar-refractivity contribution in [1.82, 2.24) is 5.43 Å². The minimum Gasteiger partial charge on any atom is -0.478 e. The number of rotatable bonds is 7. The van der Waals surface area contributed by atoms with Crippen LogP contribution in [0.2, 0.25) is 0 Å². The number of para-hydroxylation sites is 1. The highest BCUT2D eigenvalue weighted by Crippen LogP contribution is 2.22. The number of carboxylic acid groups (broad SMARTS) is 1. The van der Waals surface area contributed by atoms with Crippen LogP contribution in [0.4, 0.5) is 5.69 Å². The van der Waals surface area contributed by atoms with Crippen LogP contribution in [0, 0.1) is 10.1 Å². The molecule has 0 fully saturated rings. The Bertz CT molecular complexity index is 1100. The first-order chi connectivity index (χ1) is 13.9. The molecule has 3 rings (SSSR count). The molecule has 0 radical (unpaired) electrons. The Morgan fingerprint density at radius 1 is 1.14 bits per heavy atom. The topological polar surface area (TPSA) is 135 Å². The summed E-state index contributed by atoms with van der Waals surface area (Å²) >= 11 is 0. The molecule has 9 nitrogen and oxygen atoms in total. The molecule has 1 amide bonds. The van der Waals surface area contributed by atoms with Crippen molar-refractivity contribution in [1.29, 1.82) is 0 Å². The number of nitro benzene ring substituents is 1. The van der Waals surface area contributed by atoms with Crippen LogP contribution < -0.4 is 5.43 Å². The summed E-state index contributed by atoms with van der Waals surface area (Å²) in [6.45, 7) is 0. The van der Waals surface area contributed by atoms with E-state index >= 15 is 0 Å². The number of nitro groups is 1. The van der Waals surface area contributed by atoms with Gasteiger partial charge in [0.05, 0.1) is 23.1 Å². The Kier molecular flexibility index (Phi) is 5.79. The molecule has 0 unspecified atom stereocenters. The van der Waals surface area contributed by atoms with E-state index in [1.807, 2.05) is 0 Å². The molecule has 1 aromatic heterocycles. The van der Waals surface area contributed by atoms with Gasteiger partial charge in [0.15, 0.2) is 0 Å². The minimum absolute atomic E-state index is 0.133. The Morgan fingerprint density at radius 2 is 1.93 bits per heavy atom. The van der Waals surface area contributed by atoms with Crippen molar-refractivity contribution in [2.24, 2.45) is 5.10 Å². The van der Waals surface area contributed by atoms with Crippen molar-refractivity contribution in [2.75, 3.05) is 0 Å². The third-order valence-electron chi connectivity index (χ3n) is 3.94. The Morgan fingerprint density at radius 3 is 2.69 bits per heavy atom. The maximum atomic E-state index is 12.0. The highest BCUT2D eigenvalue weighted by atomic mass is 16.6. The van der Waals surface area contributed by atoms with E-state index < -0.39 is 16.8 Å². The van der Waals surface area contributed by atoms with Gasteiger partial charge in [-0.1, -0.05) is 30.3 Å². The fourth-order valence-corrected chi connectivity index (χ4v) is 2.60. The monoisotopic (exact) mass is 393 g/mol. The highest BCUT2D eigenvalue weighted by molar-refractivity contribution is 5.89. The van der Waals surface area contributed by atoms with Crippen LogP contribution in [-0.2, 0) is 11.2 Å². The van der Waals surface area contributed by atoms with Crippen molar-refractivity contribution in [3.05, 3.63) is 87.7 Å². The Labute approximate surface area is 164 Å². The van der Waals surface area contributed by atoms with Crippen LogP contribution in [0.25, 0.3) is 11.3 Å². The average molecular weight is 393 g/mol. The molecule has 3 aromatic rings. The fraction of sp³-hybridized carbons (Fsp3) is 0.0500. The second-order valence-corrected chi connectivity index (χ2v) is 5.94. The molecule has 0 aliphatic heterocycles. The summed E-state index contributed by atoms with van der Waals surface area (Å²) in [4.78, 5) is 33.5. The predicted octanol–water partition coefficient (Wildman–Crippen LogP) is 3.25. The number of hydrazone groups is 1. The van der Waals surface area contributed by atoms with Crippen molar-refractivity contribution in [2.45, 2.75) is 6.42 Å². The number of carbonyl (C=O) groups excluding carboxylic acids is 1. The van der Waals surface area contributed by atoms with Gasteiger partial charge in [-0.05, 0) is 24.3 Å². The summed E-state index contributed by atoms with van der Waals surface area (Å²) in [5.41, 5.74) is 3.16. The number of nitrogens with zero attached hydrogens (tertiary/aromatic N) is 2. The molecule has 0 bridgehead atoms.